The number of rotatable bonds is 3. The molecule has 1 fully saturated rings. The van der Waals surface area contributed by atoms with Gasteiger partial charge in [-0.05, 0) is 29.3 Å². The Hall–Kier alpha value is -1.80. The molecule has 0 spiro atoms. The van der Waals surface area contributed by atoms with Gasteiger partial charge in [0, 0.05) is 31.4 Å². The van der Waals surface area contributed by atoms with E-state index in [2.05, 4.69) is 59.3 Å². The Kier molecular flexibility index (Phi) is 3.51. The highest BCUT2D eigenvalue weighted by Gasteiger charge is 2.18. The predicted octanol–water partition coefficient (Wildman–Crippen LogP) is 3.19. The van der Waals surface area contributed by atoms with Crippen LogP contribution in [0.1, 0.15) is 6.42 Å². The zero-order valence-corrected chi connectivity index (χ0v) is 11.2. The van der Waals surface area contributed by atoms with Crippen LogP contribution in [0.4, 0.5) is 5.69 Å². The maximum Gasteiger partial charge on any atom is 0.0373 e. The Morgan fingerprint density at radius 2 is 2.05 bits per heavy atom. The van der Waals surface area contributed by atoms with Crippen molar-refractivity contribution >= 4 is 16.5 Å². The molecule has 1 heterocycles. The van der Waals surface area contributed by atoms with E-state index in [4.69, 9.17) is 0 Å². The molecule has 3 rings (SSSR count). The molecule has 98 valence electrons. The fourth-order valence-electron chi connectivity index (χ4n) is 2.79. The number of piperazine rings is 1. The molecule has 2 nitrogen and oxygen atoms in total. The lowest BCUT2D eigenvalue weighted by Crippen LogP contribution is -2.50. The lowest BCUT2D eigenvalue weighted by atomic mass is 10.1. The van der Waals surface area contributed by atoms with Crippen LogP contribution in [-0.2, 0) is 0 Å². The number of fused-ring (bicyclic) bond motifs is 1. The Morgan fingerprint density at radius 3 is 2.89 bits per heavy atom. The molecule has 1 atom stereocenters. The van der Waals surface area contributed by atoms with E-state index in [-0.39, 0.29) is 0 Å². The summed E-state index contributed by atoms with van der Waals surface area (Å²) < 4.78 is 0. The number of nitrogens with zero attached hydrogens (tertiary/aromatic N) is 1. The zero-order valence-electron chi connectivity index (χ0n) is 11.2. The molecule has 1 unspecified atom stereocenters. The predicted molar refractivity (Wildman–Crippen MR) is 82.8 cm³/mol. The topological polar surface area (TPSA) is 15.3 Å². The van der Waals surface area contributed by atoms with Crippen LogP contribution in [0.3, 0.4) is 0 Å². The Labute approximate surface area is 114 Å². The summed E-state index contributed by atoms with van der Waals surface area (Å²) in [5, 5.41) is 6.17. The minimum absolute atomic E-state index is 0.526. The molecule has 1 aliphatic rings. The van der Waals surface area contributed by atoms with Crippen LogP contribution in [0.2, 0.25) is 0 Å². The molecule has 0 radical (unpaired) electrons. The third-order valence-electron chi connectivity index (χ3n) is 3.80. The number of hydrogen-bond donors (Lipinski definition) is 1. The van der Waals surface area contributed by atoms with Crippen LogP contribution >= 0.6 is 0 Å². The largest absolute Gasteiger partial charge is 0.369 e. The SMILES string of the molecule is C=CCC1CN(c2ccc3ccccc3c2)CCN1. The lowest BCUT2D eigenvalue weighted by molar-refractivity contribution is 0.460. The fourth-order valence-corrected chi connectivity index (χ4v) is 2.79. The first-order valence-corrected chi connectivity index (χ1v) is 6.95. The highest BCUT2D eigenvalue weighted by atomic mass is 15.2. The molecule has 0 amide bonds. The van der Waals surface area contributed by atoms with Crippen molar-refractivity contribution in [3.8, 4) is 0 Å². The summed E-state index contributed by atoms with van der Waals surface area (Å²) in [7, 11) is 0. The lowest BCUT2D eigenvalue weighted by Gasteiger charge is -2.35. The molecule has 0 aliphatic carbocycles. The van der Waals surface area contributed by atoms with Gasteiger partial charge in [0.25, 0.3) is 0 Å². The summed E-state index contributed by atoms with van der Waals surface area (Å²) in [5.74, 6) is 0. The second kappa shape index (κ2) is 5.45. The van der Waals surface area contributed by atoms with Crippen molar-refractivity contribution in [2.24, 2.45) is 0 Å². The second-order valence-corrected chi connectivity index (χ2v) is 5.15. The minimum atomic E-state index is 0.526. The normalized spacial score (nSPS) is 19.6. The molecule has 1 saturated heterocycles. The van der Waals surface area contributed by atoms with Gasteiger partial charge in [0.2, 0.25) is 0 Å². The second-order valence-electron chi connectivity index (χ2n) is 5.15. The Bertz CT molecular complexity index is 576. The minimum Gasteiger partial charge on any atom is -0.369 e. The van der Waals surface area contributed by atoms with Crippen molar-refractivity contribution in [2.45, 2.75) is 12.5 Å². The van der Waals surface area contributed by atoms with Crippen molar-refractivity contribution < 1.29 is 0 Å². The van der Waals surface area contributed by atoms with Gasteiger partial charge in [-0.1, -0.05) is 36.4 Å². The van der Waals surface area contributed by atoms with Gasteiger partial charge in [0.05, 0.1) is 0 Å². The van der Waals surface area contributed by atoms with E-state index in [0.717, 1.165) is 26.1 Å². The highest BCUT2D eigenvalue weighted by molar-refractivity contribution is 5.85. The molecular weight excluding hydrogens is 232 g/mol. The highest BCUT2D eigenvalue weighted by Crippen LogP contribution is 2.23. The van der Waals surface area contributed by atoms with Crippen molar-refractivity contribution in [1.82, 2.24) is 5.32 Å². The first-order valence-electron chi connectivity index (χ1n) is 6.95. The maximum atomic E-state index is 3.83. The third kappa shape index (κ3) is 2.64. The summed E-state index contributed by atoms with van der Waals surface area (Å²) in [6.45, 7) is 7.02. The van der Waals surface area contributed by atoms with Crippen LogP contribution in [0.15, 0.2) is 55.1 Å². The zero-order chi connectivity index (χ0) is 13.1. The van der Waals surface area contributed by atoms with Crippen molar-refractivity contribution in [3.05, 3.63) is 55.1 Å². The fraction of sp³-hybridized carbons (Fsp3) is 0.294. The molecule has 1 aliphatic heterocycles. The van der Waals surface area contributed by atoms with Gasteiger partial charge in [-0.2, -0.15) is 0 Å². The molecule has 19 heavy (non-hydrogen) atoms. The summed E-state index contributed by atoms with van der Waals surface area (Å²) in [6.07, 6.45) is 3.03. The van der Waals surface area contributed by atoms with Crippen LogP contribution in [-0.4, -0.2) is 25.7 Å². The van der Waals surface area contributed by atoms with E-state index in [1.54, 1.807) is 0 Å². The van der Waals surface area contributed by atoms with E-state index in [1.807, 2.05) is 6.08 Å². The molecule has 1 N–H and O–H groups in total. The van der Waals surface area contributed by atoms with E-state index in [9.17, 15) is 0 Å². The van der Waals surface area contributed by atoms with E-state index >= 15 is 0 Å². The van der Waals surface area contributed by atoms with E-state index in [0.29, 0.717) is 6.04 Å². The monoisotopic (exact) mass is 252 g/mol. The number of benzene rings is 2. The molecular formula is C17H20N2. The Balaban J connectivity index is 1.84. The average Bonchev–Trinajstić information content (AvgIpc) is 2.47. The number of hydrogen-bond acceptors (Lipinski definition) is 2. The van der Waals surface area contributed by atoms with E-state index < -0.39 is 0 Å². The van der Waals surface area contributed by atoms with Gasteiger partial charge in [-0.25, -0.2) is 0 Å². The summed E-state index contributed by atoms with van der Waals surface area (Å²) in [4.78, 5) is 2.47. The number of nitrogens with one attached hydrogen (secondary N) is 1. The van der Waals surface area contributed by atoms with Crippen molar-refractivity contribution in [1.29, 1.82) is 0 Å². The first kappa shape index (κ1) is 12.2. The van der Waals surface area contributed by atoms with Crippen LogP contribution < -0.4 is 10.2 Å². The smallest absolute Gasteiger partial charge is 0.0373 e. The molecule has 2 aromatic rings. The van der Waals surface area contributed by atoms with Crippen LogP contribution in [0, 0.1) is 0 Å². The summed E-state index contributed by atoms with van der Waals surface area (Å²) in [5.41, 5.74) is 1.33. The quantitative estimate of drug-likeness (QED) is 0.844. The number of anilines is 1. The first-order chi connectivity index (χ1) is 9.36. The van der Waals surface area contributed by atoms with Gasteiger partial charge in [-0.15, -0.1) is 6.58 Å². The molecule has 0 aromatic heterocycles. The molecule has 0 bridgehead atoms. The van der Waals surface area contributed by atoms with Gasteiger partial charge in [0.1, 0.15) is 0 Å². The summed E-state index contributed by atoms with van der Waals surface area (Å²) in [6, 6.07) is 15.8. The van der Waals surface area contributed by atoms with E-state index in [1.165, 1.54) is 16.5 Å². The van der Waals surface area contributed by atoms with Crippen molar-refractivity contribution in [2.75, 3.05) is 24.5 Å². The van der Waals surface area contributed by atoms with Gasteiger partial charge in [0.15, 0.2) is 0 Å². The third-order valence-corrected chi connectivity index (χ3v) is 3.80. The average molecular weight is 252 g/mol. The van der Waals surface area contributed by atoms with Gasteiger partial charge < -0.3 is 10.2 Å². The Morgan fingerprint density at radius 1 is 1.21 bits per heavy atom. The molecule has 2 heteroatoms. The van der Waals surface area contributed by atoms with Gasteiger partial charge >= 0.3 is 0 Å². The molecule has 0 saturated carbocycles. The van der Waals surface area contributed by atoms with Gasteiger partial charge in [-0.3, -0.25) is 0 Å². The molecule has 2 aromatic carbocycles. The maximum absolute atomic E-state index is 3.83. The van der Waals surface area contributed by atoms with Crippen LogP contribution in [0.5, 0.6) is 0 Å². The standard InChI is InChI=1S/C17H20N2/c1-2-5-16-13-19(11-10-18-16)17-9-8-14-6-3-4-7-15(14)12-17/h2-4,6-9,12,16,18H,1,5,10-11,13H2. The van der Waals surface area contributed by atoms with Crippen molar-refractivity contribution in [3.63, 3.8) is 0 Å². The summed E-state index contributed by atoms with van der Waals surface area (Å²) >= 11 is 0. The van der Waals surface area contributed by atoms with Crippen LogP contribution in [0.25, 0.3) is 10.8 Å².